The van der Waals surface area contributed by atoms with Crippen molar-refractivity contribution in [3.05, 3.63) is 35.5 Å². The minimum atomic E-state index is -0.729. The van der Waals surface area contributed by atoms with Crippen molar-refractivity contribution in [2.75, 3.05) is 61.8 Å². The predicted molar refractivity (Wildman–Crippen MR) is 153 cm³/mol. The van der Waals surface area contributed by atoms with E-state index < -0.39 is 6.23 Å². The first-order valence-corrected chi connectivity index (χ1v) is 13.9. The number of fused-ring (bicyclic) bond motifs is 1. The number of piperidine rings is 1. The van der Waals surface area contributed by atoms with E-state index in [2.05, 4.69) is 73.6 Å². The maximum absolute atomic E-state index is 10.6. The average Bonchev–Trinajstić information content (AvgIpc) is 3.69. The topological polar surface area (TPSA) is 95.6 Å². The minimum Gasteiger partial charge on any atom is -0.369 e. The third kappa shape index (κ3) is 5.84. The molecule has 0 radical (unpaired) electrons. The van der Waals surface area contributed by atoms with Gasteiger partial charge in [0.2, 0.25) is 5.95 Å². The van der Waals surface area contributed by atoms with Gasteiger partial charge in [-0.3, -0.25) is 4.90 Å². The van der Waals surface area contributed by atoms with Gasteiger partial charge in [0.25, 0.3) is 0 Å². The zero-order valence-electron chi connectivity index (χ0n) is 21.8. The molecule has 3 fully saturated rings. The van der Waals surface area contributed by atoms with Crippen LogP contribution in [0, 0.1) is 17.8 Å². The Hall–Kier alpha value is -3.03. The van der Waals surface area contributed by atoms with Gasteiger partial charge in [0, 0.05) is 68.8 Å². The standard InChI is InChI=1S/C28H35ClN8O/c1-35-13-15-36(16-14-35)22-9-7-20(8-10-22)32-28-33-26-25(23(29)17-30-26)27(34-28)31-21-3-2-12-37(18-21)24(38)11-6-19-4-5-19/h7-10,17,19,21,24,38H,2-5,12-16,18H2,1H3,(H3,30,31,32,33,34). The van der Waals surface area contributed by atoms with Crippen LogP contribution in [-0.4, -0.2) is 88.4 Å². The largest absolute Gasteiger partial charge is 0.369 e. The van der Waals surface area contributed by atoms with Crippen molar-refractivity contribution in [3.8, 4) is 11.8 Å². The van der Waals surface area contributed by atoms with Crippen molar-refractivity contribution in [1.82, 2.24) is 24.8 Å². The van der Waals surface area contributed by atoms with Gasteiger partial charge in [-0.25, -0.2) is 0 Å². The van der Waals surface area contributed by atoms with E-state index in [4.69, 9.17) is 16.6 Å². The molecule has 3 aliphatic rings. The lowest BCUT2D eigenvalue weighted by atomic mass is 10.1. The van der Waals surface area contributed by atoms with Gasteiger partial charge in [-0.1, -0.05) is 23.4 Å². The second-order valence-electron chi connectivity index (χ2n) is 10.6. The number of aromatic nitrogens is 3. The van der Waals surface area contributed by atoms with Crippen LogP contribution in [-0.2, 0) is 0 Å². The average molecular weight is 535 g/mol. The molecule has 2 aromatic heterocycles. The van der Waals surface area contributed by atoms with Gasteiger partial charge in [-0.15, -0.1) is 0 Å². The number of benzene rings is 1. The lowest BCUT2D eigenvalue weighted by Gasteiger charge is -2.34. The number of aromatic amines is 1. The van der Waals surface area contributed by atoms with Crippen LogP contribution in [0.3, 0.4) is 0 Å². The smallest absolute Gasteiger partial charge is 0.231 e. The van der Waals surface area contributed by atoms with E-state index in [9.17, 15) is 5.11 Å². The SMILES string of the molecule is CN1CCN(c2ccc(Nc3nc(NC4CCCN(C(O)C#CC5CC5)C4)c4c(Cl)c[nH]c4n3)cc2)CC1. The van der Waals surface area contributed by atoms with E-state index in [0.29, 0.717) is 34.9 Å². The van der Waals surface area contributed by atoms with Crippen LogP contribution in [0.2, 0.25) is 5.02 Å². The molecule has 1 aliphatic carbocycles. The molecule has 6 rings (SSSR count). The summed E-state index contributed by atoms with van der Waals surface area (Å²) in [6, 6.07) is 8.54. The summed E-state index contributed by atoms with van der Waals surface area (Å²) >= 11 is 6.52. The van der Waals surface area contributed by atoms with Gasteiger partial charge in [0.05, 0.1) is 10.4 Å². The number of piperazine rings is 1. The Labute approximate surface area is 228 Å². The van der Waals surface area contributed by atoms with E-state index in [1.807, 2.05) is 4.90 Å². The summed E-state index contributed by atoms with van der Waals surface area (Å²) in [6.45, 7) is 5.74. The van der Waals surface area contributed by atoms with Crippen LogP contribution in [0.1, 0.15) is 25.7 Å². The molecule has 4 heterocycles. The lowest BCUT2D eigenvalue weighted by Crippen LogP contribution is -2.46. The Morgan fingerprint density at radius 3 is 2.63 bits per heavy atom. The van der Waals surface area contributed by atoms with Gasteiger partial charge in [-0.2, -0.15) is 9.97 Å². The van der Waals surface area contributed by atoms with Crippen molar-refractivity contribution >= 4 is 45.8 Å². The second kappa shape index (κ2) is 11.0. The number of aliphatic hydroxyl groups excluding tert-OH is 1. The van der Waals surface area contributed by atoms with Crippen molar-refractivity contribution in [1.29, 1.82) is 0 Å². The quantitative estimate of drug-likeness (QED) is 0.355. The van der Waals surface area contributed by atoms with E-state index in [0.717, 1.165) is 69.5 Å². The Morgan fingerprint density at radius 1 is 1.08 bits per heavy atom. The molecule has 2 unspecified atom stereocenters. The van der Waals surface area contributed by atoms with Gasteiger partial charge >= 0.3 is 0 Å². The summed E-state index contributed by atoms with van der Waals surface area (Å²) in [5.74, 6) is 7.87. The molecule has 1 aromatic carbocycles. The molecular formula is C28H35ClN8O. The zero-order chi connectivity index (χ0) is 26.1. The van der Waals surface area contributed by atoms with Crippen molar-refractivity contribution < 1.29 is 5.11 Å². The van der Waals surface area contributed by atoms with E-state index >= 15 is 0 Å². The minimum absolute atomic E-state index is 0.112. The first-order chi connectivity index (χ1) is 18.5. The second-order valence-corrected chi connectivity index (χ2v) is 11.0. The maximum Gasteiger partial charge on any atom is 0.231 e. The molecule has 2 aliphatic heterocycles. The molecule has 10 heteroatoms. The summed E-state index contributed by atoms with van der Waals surface area (Å²) in [7, 11) is 2.17. The summed E-state index contributed by atoms with van der Waals surface area (Å²) in [6.07, 6.45) is 5.27. The van der Waals surface area contributed by atoms with Crippen LogP contribution in [0.25, 0.3) is 11.0 Å². The Morgan fingerprint density at radius 2 is 1.87 bits per heavy atom. The highest BCUT2D eigenvalue weighted by Crippen LogP contribution is 2.32. The molecule has 0 bridgehead atoms. The first kappa shape index (κ1) is 25.3. The highest BCUT2D eigenvalue weighted by atomic mass is 35.5. The zero-order valence-corrected chi connectivity index (χ0v) is 22.5. The fourth-order valence-electron chi connectivity index (χ4n) is 5.16. The number of anilines is 4. The number of nitrogens with zero attached hydrogens (tertiary/aromatic N) is 5. The normalized spacial score (nSPS) is 21.7. The first-order valence-electron chi connectivity index (χ1n) is 13.6. The Balaban J connectivity index is 1.17. The number of nitrogens with one attached hydrogen (secondary N) is 3. The van der Waals surface area contributed by atoms with Gasteiger partial charge in [0.15, 0.2) is 6.23 Å². The fraction of sp³-hybridized carbons (Fsp3) is 0.500. The summed E-state index contributed by atoms with van der Waals surface area (Å²) in [4.78, 5) is 19.5. The molecule has 38 heavy (non-hydrogen) atoms. The number of halogens is 1. The summed E-state index contributed by atoms with van der Waals surface area (Å²) in [5.41, 5.74) is 2.82. The fourth-order valence-corrected chi connectivity index (χ4v) is 5.39. The number of H-pyrrole nitrogens is 1. The molecule has 9 nitrogen and oxygen atoms in total. The number of rotatable bonds is 6. The molecule has 4 N–H and O–H groups in total. The monoisotopic (exact) mass is 534 g/mol. The van der Waals surface area contributed by atoms with Crippen molar-refractivity contribution in [2.45, 2.75) is 38.0 Å². The number of aliphatic hydroxyl groups is 1. The van der Waals surface area contributed by atoms with Crippen LogP contribution < -0.4 is 15.5 Å². The third-order valence-corrected chi connectivity index (χ3v) is 7.91. The molecule has 3 aromatic rings. The molecule has 0 amide bonds. The van der Waals surface area contributed by atoms with Crippen molar-refractivity contribution in [3.63, 3.8) is 0 Å². The number of likely N-dealkylation sites (tertiary alicyclic amines) is 1. The number of hydrogen-bond acceptors (Lipinski definition) is 8. The maximum atomic E-state index is 10.6. The lowest BCUT2D eigenvalue weighted by molar-refractivity contribution is 0.0318. The molecule has 2 saturated heterocycles. The van der Waals surface area contributed by atoms with E-state index in [-0.39, 0.29) is 6.04 Å². The summed E-state index contributed by atoms with van der Waals surface area (Å²) in [5, 5.41) is 18.9. The molecule has 2 atom stereocenters. The molecular weight excluding hydrogens is 500 g/mol. The Bertz CT molecular complexity index is 1320. The van der Waals surface area contributed by atoms with Gasteiger partial charge in [-0.05, 0) is 57.0 Å². The van der Waals surface area contributed by atoms with Crippen LogP contribution in [0.5, 0.6) is 0 Å². The highest BCUT2D eigenvalue weighted by Gasteiger charge is 2.26. The van der Waals surface area contributed by atoms with Crippen molar-refractivity contribution in [2.24, 2.45) is 5.92 Å². The third-order valence-electron chi connectivity index (χ3n) is 7.61. The summed E-state index contributed by atoms with van der Waals surface area (Å²) < 4.78 is 0. The van der Waals surface area contributed by atoms with E-state index in [1.54, 1.807) is 6.20 Å². The van der Waals surface area contributed by atoms with Crippen LogP contribution >= 0.6 is 11.6 Å². The molecule has 1 saturated carbocycles. The highest BCUT2D eigenvalue weighted by molar-refractivity contribution is 6.36. The predicted octanol–water partition coefficient (Wildman–Crippen LogP) is 3.71. The van der Waals surface area contributed by atoms with E-state index in [1.165, 1.54) is 5.69 Å². The van der Waals surface area contributed by atoms with Gasteiger partial charge < -0.3 is 30.5 Å². The Kier molecular flexibility index (Phi) is 7.30. The number of likely N-dealkylation sites (N-methyl/N-ethyl adjacent to an activating group) is 1. The number of hydrogen-bond donors (Lipinski definition) is 4. The molecule has 200 valence electrons. The van der Waals surface area contributed by atoms with Crippen LogP contribution in [0.15, 0.2) is 30.5 Å². The molecule has 0 spiro atoms. The van der Waals surface area contributed by atoms with Crippen LogP contribution in [0.4, 0.5) is 23.1 Å². The van der Waals surface area contributed by atoms with Gasteiger partial charge in [0.1, 0.15) is 11.5 Å².